The Balaban J connectivity index is 1.68. The van der Waals surface area contributed by atoms with Gasteiger partial charge in [-0.15, -0.1) is 0 Å². The van der Waals surface area contributed by atoms with Gasteiger partial charge in [0, 0.05) is 47.3 Å². The Morgan fingerprint density at radius 3 is 1.30 bits per heavy atom. The topological polar surface area (TPSA) is 9.86 Å². The predicted molar refractivity (Wildman–Crippen MR) is 143 cm³/mol. The van der Waals surface area contributed by atoms with Gasteiger partial charge in [0.25, 0.3) is 0 Å². The molecule has 0 saturated heterocycles. The Kier molecular flexibility index (Phi) is 4.26. The summed E-state index contributed by atoms with van der Waals surface area (Å²) < 4.78 is 4.71. The second-order valence-corrected chi connectivity index (χ2v) is 9.67. The van der Waals surface area contributed by atoms with E-state index >= 15 is 0 Å². The lowest BCUT2D eigenvalue weighted by Gasteiger charge is -2.13. The monoisotopic (exact) mass is 430 g/mol. The number of fused-ring (bicyclic) bond motifs is 6. The number of hydrogen-bond acceptors (Lipinski definition) is 0. The summed E-state index contributed by atoms with van der Waals surface area (Å²) in [5.74, 6) is 0. The van der Waals surface area contributed by atoms with Crippen molar-refractivity contribution in [3.05, 3.63) is 94.3 Å². The van der Waals surface area contributed by atoms with Crippen molar-refractivity contribution in [1.82, 2.24) is 9.13 Å². The molecule has 4 aromatic carbocycles. The first kappa shape index (κ1) is 20.1. The van der Waals surface area contributed by atoms with E-state index in [1.807, 2.05) is 0 Å². The van der Waals surface area contributed by atoms with Crippen molar-refractivity contribution in [1.29, 1.82) is 0 Å². The molecule has 0 atom stereocenters. The quantitative estimate of drug-likeness (QED) is 0.265. The van der Waals surface area contributed by atoms with Crippen molar-refractivity contribution >= 4 is 43.4 Å². The number of aromatic nitrogens is 2. The van der Waals surface area contributed by atoms with Crippen LogP contribution in [0.15, 0.2) is 60.7 Å². The summed E-state index contributed by atoms with van der Waals surface area (Å²) in [6.07, 6.45) is 0.916. The van der Waals surface area contributed by atoms with Crippen LogP contribution in [0.5, 0.6) is 0 Å². The molecule has 0 saturated carbocycles. The lowest BCUT2D eigenvalue weighted by molar-refractivity contribution is 0.908. The number of benzene rings is 4. The molecule has 2 nitrogen and oxygen atoms in total. The van der Waals surface area contributed by atoms with E-state index in [2.05, 4.69) is 112 Å². The van der Waals surface area contributed by atoms with Gasteiger partial charge in [-0.25, -0.2) is 0 Å². The van der Waals surface area contributed by atoms with Crippen molar-refractivity contribution in [2.75, 3.05) is 0 Å². The van der Waals surface area contributed by atoms with Crippen molar-refractivity contribution in [2.45, 2.75) is 34.1 Å². The van der Waals surface area contributed by atoms with Gasteiger partial charge in [0.1, 0.15) is 0 Å². The van der Waals surface area contributed by atoms with Crippen molar-refractivity contribution in [2.24, 2.45) is 14.1 Å². The molecule has 6 aromatic rings. The highest BCUT2D eigenvalue weighted by molar-refractivity contribution is 6.12. The maximum atomic E-state index is 2.43. The minimum atomic E-state index is 0.916. The zero-order valence-electron chi connectivity index (χ0n) is 20.4. The van der Waals surface area contributed by atoms with Crippen LogP contribution in [0.2, 0.25) is 0 Å². The summed E-state index contributed by atoms with van der Waals surface area (Å²) in [6.45, 7) is 8.97. The summed E-state index contributed by atoms with van der Waals surface area (Å²) in [5.41, 5.74) is 10.9. The van der Waals surface area contributed by atoms with E-state index in [-0.39, 0.29) is 0 Å². The molecule has 2 heterocycles. The normalized spacial score (nSPS) is 12.1. The van der Waals surface area contributed by atoms with E-state index in [0.29, 0.717) is 0 Å². The molecule has 0 bridgehead atoms. The largest absolute Gasteiger partial charge is 0.348 e. The summed E-state index contributed by atoms with van der Waals surface area (Å²) in [6, 6.07) is 22.7. The summed E-state index contributed by atoms with van der Waals surface area (Å²) >= 11 is 0. The van der Waals surface area contributed by atoms with Crippen LogP contribution in [0.1, 0.15) is 33.6 Å². The molecule has 0 amide bonds. The Hall–Kier alpha value is -3.52. The zero-order valence-corrected chi connectivity index (χ0v) is 20.4. The first-order valence-electron chi connectivity index (χ1n) is 11.8. The second-order valence-electron chi connectivity index (χ2n) is 9.67. The van der Waals surface area contributed by atoms with Gasteiger partial charge in [-0.2, -0.15) is 0 Å². The Morgan fingerprint density at radius 1 is 0.545 bits per heavy atom. The molecule has 2 heteroatoms. The van der Waals surface area contributed by atoms with Crippen LogP contribution >= 0.6 is 0 Å². The molecule has 0 aliphatic carbocycles. The van der Waals surface area contributed by atoms with E-state index in [0.717, 1.165) is 6.42 Å². The number of nitrogens with zero attached hydrogens (tertiary/aromatic N) is 2. The average Bonchev–Trinajstić information content (AvgIpc) is 3.19. The lowest BCUT2D eigenvalue weighted by atomic mass is 9.91. The molecule has 0 spiro atoms. The van der Waals surface area contributed by atoms with Gasteiger partial charge in [0.2, 0.25) is 0 Å². The highest BCUT2D eigenvalue weighted by Gasteiger charge is 2.18. The Bertz CT molecular complexity index is 1610. The average molecular weight is 431 g/mol. The summed E-state index contributed by atoms with van der Waals surface area (Å²) in [7, 11) is 4.39. The fourth-order valence-corrected chi connectivity index (χ4v) is 5.91. The van der Waals surface area contributed by atoms with Crippen molar-refractivity contribution < 1.29 is 0 Å². The Labute approximate surface area is 195 Å². The molecular formula is C31H30N2. The summed E-state index contributed by atoms with van der Waals surface area (Å²) in [5, 5.41) is 8.24. The molecule has 33 heavy (non-hydrogen) atoms. The second kappa shape index (κ2) is 6.99. The highest BCUT2D eigenvalue weighted by atomic mass is 14.9. The predicted octanol–water partition coefficient (Wildman–Crippen LogP) is 7.80. The van der Waals surface area contributed by atoms with Gasteiger partial charge >= 0.3 is 0 Å². The van der Waals surface area contributed by atoms with Gasteiger partial charge in [-0.05, 0) is 90.0 Å². The van der Waals surface area contributed by atoms with Crippen LogP contribution in [-0.4, -0.2) is 9.13 Å². The molecule has 0 aliphatic rings. The van der Waals surface area contributed by atoms with Crippen LogP contribution in [0.3, 0.4) is 0 Å². The van der Waals surface area contributed by atoms with E-state index in [9.17, 15) is 0 Å². The zero-order chi connectivity index (χ0) is 23.0. The Morgan fingerprint density at radius 2 is 0.909 bits per heavy atom. The third-order valence-corrected chi connectivity index (χ3v) is 8.16. The smallest absolute Gasteiger partial charge is 0.0491 e. The van der Waals surface area contributed by atoms with Crippen LogP contribution in [-0.2, 0) is 20.5 Å². The fourth-order valence-electron chi connectivity index (χ4n) is 5.91. The first-order chi connectivity index (χ1) is 15.9. The highest BCUT2D eigenvalue weighted by Crippen LogP contribution is 2.38. The maximum absolute atomic E-state index is 2.43. The number of hydrogen-bond donors (Lipinski definition) is 0. The molecule has 164 valence electrons. The molecule has 0 radical (unpaired) electrons. The van der Waals surface area contributed by atoms with Crippen LogP contribution < -0.4 is 0 Å². The van der Waals surface area contributed by atoms with Gasteiger partial charge in [0.05, 0.1) is 0 Å². The van der Waals surface area contributed by atoms with Gasteiger partial charge in [0.15, 0.2) is 0 Å². The van der Waals surface area contributed by atoms with E-state index < -0.39 is 0 Å². The number of aryl methyl sites for hydroxylation is 4. The van der Waals surface area contributed by atoms with E-state index in [1.54, 1.807) is 0 Å². The van der Waals surface area contributed by atoms with Gasteiger partial charge in [-0.1, -0.05) is 48.5 Å². The molecule has 0 aliphatic heterocycles. The molecule has 2 aromatic heterocycles. The van der Waals surface area contributed by atoms with Gasteiger partial charge in [-0.3, -0.25) is 0 Å². The summed E-state index contributed by atoms with van der Waals surface area (Å²) in [4.78, 5) is 0. The van der Waals surface area contributed by atoms with E-state index in [4.69, 9.17) is 0 Å². The SMILES string of the molecule is Cc1c(C)n(C)c2cc(Cc3cc4c(c(C)c(C)n4C)c4ccccc34)c3ccccc3c12. The minimum absolute atomic E-state index is 0.916. The lowest BCUT2D eigenvalue weighted by Crippen LogP contribution is -1.96. The van der Waals surface area contributed by atoms with Crippen molar-refractivity contribution in [3.8, 4) is 0 Å². The standard InChI is InChI=1S/C31H30N2/c1-18-20(3)32(5)28-16-22(24-11-7-9-13-26(24)30(18)28)15-23-17-29-31(19(2)21(4)33(29)6)27-14-10-8-12-25(23)27/h7-14,16-17H,15H2,1-6H3. The fraction of sp³-hybridized carbons (Fsp3) is 0.226. The van der Waals surface area contributed by atoms with Crippen LogP contribution in [0.25, 0.3) is 43.4 Å². The van der Waals surface area contributed by atoms with Crippen molar-refractivity contribution in [3.63, 3.8) is 0 Å². The van der Waals surface area contributed by atoms with Gasteiger partial charge < -0.3 is 9.13 Å². The first-order valence-corrected chi connectivity index (χ1v) is 11.8. The molecule has 0 unspecified atom stereocenters. The molecular weight excluding hydrogens is 400 g/mol. The third kappa shape index (κ3) is 2.67. The molecule has 0 fully saturated rings. The third-order valence-electron chi connectivity index (χ3n) is 8.16. The minimum Gasteiger partial charge on any atom is -0.348 e. The van der Waals surface area contributed by atoms with Crippen LogP contribution in [0, 0.1) is 27.7 Å². The molecule has 6 rings (SSSR count). The molecule has 0 N–H and O–H groups in total. The van der Waals surface area contributed by atoms with E-state index in [1.165, 1.54) is 77.0 Å². The maximum Gasteiger partial charge on any atom is 0.0491 e. The number of rotatable bonds is 2. The van der Waals surface area contributed by atoms with Crippen LogP contribution in [0.4, 0.5) is 0 Å².